The topological polar surface area (TPSA) is 52.7 Å². The van der Waals surface area contributed by atoms with Crippen LogP contribution in [0.1, 0.15) is 24.0 Å². The van der Waals surface area contributed by atoms with Crippen LogP contribution >= 0.6 is 15.9 Å². The molecule has 0 spiro atoms. The lowest BCUT2D eigenvalue weighted by molar-refractivity contribution is -0.128. The quantitative estimate of drug-likeness (QED) is 0.793. The molecule has 1 N–H and O–H groups in total. The molecule has 5 nitrogen and oxygen atoms in total. The fraction of sp³-hybridized carbons (Fsp3) is 0.300. The minimum absolute atomic E-state index is 0.164. The van der Waals surface area contributed by atoms with Crippen molar-refractivity contribution in [2.75, 3.05) is 18.9 Å². The summed E-state index contributed by atoms with van der Waals surface area (Å²) in [5.74, 6) is 0.219. The van der Waals surface area contributed by atoms with Crippen molar-refractivity contribution in [2.24, 2.45) is 0 Å². The van der Waals surface area contributed by atoms with Crippen molar-refractivity contribution in [1.29, 1.82) is 0 Å². The number of amides is 3. The average Bonchev–Trinajstić information content (AvgIpc) is 3.03. The smallest absolute Gasteiger partial charge is 0.321 e. The molecule has 6 heteroatoms. The first-order valence-electron chi connectivity index (χ1n) is 8.65. The Morgan fingerprint density at radius 3 is 2.58 bits per heavy atom. The molecule has 0 aliphatic carbocycles. The monoisotopic (exact) mass is 415 g/mol. The molecule has 0 atom stereocenters. The summed E-state index contributed by atoms with van der Waals surface area (Å²) in [5, 5.41) is 2.90. The van der Waals surface area contributed by atoms with Crippen LogP contribution in [0.4, 0.5) is 10.5 Å². The molecule has 2 aromatic rings. The molecule has 0 saturated carbocycles. The lowest BCUT2D eigenvalue weighted by atomic mass is 10.2. The van der Waals surface area contributed by atoms with Gasteiger partial charge in [0.25, 0.3) is 0 Å². The molecule has 26 heavy (non-hydrogen) atoms. The highest BCUT2D eigenvalue weighted by Crippen LogP contribution is 2.19. The Morgan fingerprint density at radius 2 is 1.92 bits per heavy atom. The van der Waals surface area contributed by atoms with Crippen LogP contribution in [-0.4, -0.2) is 35.3 Å². The van der Waals surface area contributed by atoms with Gasteiger partial charge in [-0.15, -0.1) is 0 Å². The zero-order valence-electron chi connectivity index (χ0n) is 14.7. The standard InChI is InChI=1S/C20H22BrN3O2/c1-23(14-16-5-2-3-6-18(16)21)20(26)22-17-10-8-15(9-11-17)13-24-12-4-7-19(24)25/h2-3,5-6,8-11H,4,7,12-14H2,1H3,(H,22,26). The van der Waals surface area contributed by atoms with Gasteiger partial charge in [-0.05, 0) is 35.7 Å². The fourth-order valence-electron chi connectivity index (χ4n) is 2.96. The minimum atomic E-state index is -0.164. The summed E-state index contributed by atoms with van der Waals surface area (Å²) in [5.41, 5.74) is 2.86. The molecule has 1 fully saturated rings. The number of halogens is 1. The maximum absolute atomic E-state index is 12.4. The molecule has 3 rings (SSSR count). The molecule has 0 aromatic heterocycles. The van der Waals surface area contributed by atoms with Gasteiger partial charge in [0.15, 0.2) is 0 Å². The number of hydrogen-bond acceptors (Lipinski definition) is 2. The van der Waals surface area contributed by atoms with E-state index in [4.69, 9.17) is 0 Å². The van der Waals surface area contributed by atoms with Crippen LogP contribution in [0.25, 0.3) is 0 Å². The Labute approximate surface area is 162 Å². The first-order valence-corrected chi connectivity index (χ1v) is 9.44. The second kappa shape index (κ2) is 8.36. The van der Waals surface area contributed by atoms with Crippen LogP contribution in [0.3, 0.4) is 0 Å². The molecule has 2 aromatic carbocycles. The van der Waals surface area contributed by atoms with E-state index in [0.717, 1.165) is 34.3 Å². The molecule has 1 saturated heterocycles. The third kappa shape index (κ3) is 4.64. The number of carbonyl (C=O) groups excluding carboxylic acids is 2. The largest absolute Gasteiger partial charge is 0.338 e. The van der Waals surface area contributed by atoms with Gasteiger partial charge in [0, 0.05) is 43.3 Å². The highest BCUT2D eigenvalue weighted by Gasteiger charge is 2.19. The Bertz CT molecular complexity index is 792. The summed E-state index contributed by atoms with van der Waals surface area (Å²) < 4.78 is 0.987. The van der Waals surface area contributed by atoms with Crippen LogP contribution in [0.2, 0.25) is 0 Å². The first-order chi connectivity index (χ1) is 12.5. The summed E-state index contributed by atoms with van der Waals surface area (Å²) in [6.07, 6.45) is 1.59. The highest BCUT2D eigenvalue weighted by molar-refractivity contribution is 9.10. The lowest BCUT2D eigenvalue weighted by Crippen LogP contribution is -2.31. The van der Waals surface area contributed by atoms with Crippen molar-refractivity contribution in [1.82, 2.24) is 9.80 Å². The molecule has 1 aliphatic rings. The van der Waals surface area contributed by atoms with Crippen molar-refractivity contribution in [2.45, 2.75) is 25.9 Å². The zero-order valence-corrected chi connectivity index (χ0v) is 16.3. The number of hydrogen-bond donors (Lipinski definition) is 1. The van der Waals surface area contributed by atoms with Crippen LogP contribution < -0.4 is 5.32 Å². The van der Waals surface area contributed by atoms with Gasteiger partial charge in [0.2, 0.25) is 5.91 Å². The number of anilines is 1. The summed E-state index contributed by atoms with van der Waals surface area (Å²) in [6.45, 7) is 1.98. The van der Waals surface area contributed by atoms with Crippen molar-refractivity contribution >= 4 is 33.6 Å². The maximum atomic E-state index is 12.4. The van der Waals surface area contributed by atoms with E-state index >= 15 is 0 Å². The second-order valence-electron chi connectivity index (χ2n) is 6.49. The normalized spacial score (nSPS) is 13.8. The predicted molar refractivity (Wildman–Crippen MR) is 106 cm³/mol. The molecule has 0 bridgehead atoms. The number of rotatable bonds is 5. The zero-order chi connectivity index (χ0) is 18.5. The predicted octanol–water partition coefficient (Wildman–Crippen LogP) is 4.24. The van der Waals surface area contributed by atoms with Gasteiger partial charge in [0.1, 0.15) is 0 Å². The Hall–Kier alpha value is -2.34. The first kappa shape index (κ1) is 18.5. The lowest BCUT2D eigenvalue weighted by Gasteiger charge is -2.19. The summed E-state index contributed by atoms with van der Waals surface area (Å²) in [7, 11) is 1.77. The number of benzene rings is 2. The van der Waals surface area contributed by atoms with Crippen LogP contribution in [0.15, 0.2) is 53.0 Å². The molecule has 3 amide bonds. The Morgan fingerprint density at radius 1 is 1.19 bits per heavy atom. The summed E-state index contributed by atoms with van der Waals surface area (Å²) in [4.78, 5) is 27.6. The van der Waals surface area contributed by atoms with E-state index in [1.807, 2.05) is 53.4 Å². The van der Waals surface area contributed by atoms with E-state index < -0.39 is 0 Å². The Kier molecular flexibility index (Phi) is 5.93. The molecule has 1 heterocycles. The van der Waals surface area contributed by atoms with Gasteiger partial charge in [-0.3, -0.25) is 4.79 Å². The van der Waals surface area contributed by atoms with E-state index in [0.29, 0.717) is 19.5 Å². The average molecular weight is 416 g/mol. The SMILES string of the molecule is CN(Cc1ccccc1Br)C(=O)Nc1ccc(CN2CCCC2=O)cc1. The number of nitrogens with one attached hydrogen (secondary N) is 1. The van der Waals surface area contributed by atoms with Crippen LogP contribution in [-0.2, 0) is 17.9 Å². The third-order valence-corrected chi connectivity index (χ3v) is 5.24. The maximum Gasteiger partial charge on any atom is 0.321 e. The van der Waals surface area contributed by atoms with Gasteiger partial charge in [0.05, 0.1) is 0 Å². The molecule has 0 radical (unpaired) electrons. The molecular formula is C20H22BrN3O2. The summed E-state index contributed by atoms with van der Waals surface area (Å²) in [6, 6.07) is 15.3. The van der Waals surface area contributed by atoms with Gasteiger partial charge < -0.3 is 15.1 Å². The van der Waals surface area contributed by atoms with E-state index in [2.05, 4.69) is 21.2 Å². The van der Waals surface area contributed by atoms with Gasteiger partial charge in [-0.2, -0.15) is 0 Å². The van der Waals surface area contributed by atoms with E-state index in [9.17, 15) is 9.59 Å². The van der Waals surface area contributed by atoms with Gasteiger partial charge in [-0.25, -0.2) is 4.79 Å². The Balaban J connectivity index is 1.55. The molecule has 0 unspecified atom stereocenters. The number of urea groups is 1. The number of likely N-dealkylation sites (tertiary alicyclic amines) is 1. The van der Waals surface area contributed by atoms with E-state index in [1.165, 1.54) is 0 Å². The van der Waals surface area contributed by atoms with E-state index in [-0.39, 0.29) is 11.9 Å². The van der Waals surface area contributed by atoms with Gasteiger partial charge in [-0.1, -0.05) is 46.3 Å². The number of carbonyl (C=O) groups is 2. The molecule has 136 valence electrons. The van der Waals surface area contributed by atoms with Crippen molar-refractivity contribution in [3.8, 4) is 0 Å². The second-order valence-corrected chi connectivity index (χ2v) is 7.35. The van der Waals surface area contributed by atoms with Crippen molar-refractivity contribution in [3.63, 3.8) is 0 Å². The van der Waals surface area contributed by atoms with Crippen molar-refractivity contribution in [3.05, 3.63) is 64.1 Å². The number of nitrogens with zero attached hydrogens (tertiary/aromatic N) is 2. The highest BCUT2D eigenvalue weighted by atomic mass is 79.9. The van der Waals surface area contributed by atoms with Gasteiger partial charge >= 0.3 is 6.03 Å². The fourth-order valence-corrected chi connectivity index (χ4v) is 3.37. The summed E-state index contributed by atoms with van der Waals surface area (Å²) >= 11 is 3.50. The third-order valence-electron chi connectivity index (χ3n) is 4.46. The van der Waals surface area contributed by atoms with Crippen molar-refractivity contribution < 1.29 is 9.59 Å². The van der Waals surface area contributed by atoms with Crippen LogP contribution in [0, 0.1) is 0 Å². The van der Waals surface area contributed by atoms with E-state index in [1.54, 1.807) is 11.9 Å². The van der Waals surface area contributed by atoms with Crippen LogP contribution in [0.5, 0.6) is 0 Å². The minimum Gasteiger partial charge on any atom is -0.338 e. The molecular weight excluding hydrogens is 394 g/mol. The molecule has 1 aliphatic heterocycles.